The molecule has 0 radical (unpaired) electrons. The van der Waals surface area contributed by atoms with Gasteiger partial charge in [0.1, 0.15) is 18.1 Å². The molecular formula is C32H35ClN2O3. The maximum atomic E-state index is 12.8. The number of hydrogen-bond acceptors (Lipinski definition) is 5. The van der Waals surface area contributed by atoms with Crippen molar-refractivity contribution >= 4 is 23.0 Å². The molecule has 198 valence electrons. The summed E-state index contributed by atoms with van der Waals surface area (Å²) in [5, 5.41) is 11.3. The Morgan fingerprint density at radius 3 is 2.55 bits per heavy atom. The molecule has 5 nitrogen and oxygen atoms in total. The molecule has 2 aliphatic heterocycles. The van der Waals surface area contributed by atoms with E-state index in [1.54, 1.807) is 27.0 Å². The number of aliphatic hydroxyl groups is 1. The van der Waals surface area contributed by atoms with Gasteiger partial charge in [0.05, 0.1) is 16.7 Å². The number of carbonyl (C=O) groups is 1. The van der Waals surface area contributed by atoms with Crippen molar-refractivity contribution in [3.8, 4) is 5.75 Å². The van der Waals surface area contributed by atoms with E-state index >= 15 is 0 Å². The fourth-order valence-corrected chi connectivity index (χ4v) is 5.84. The molecule has 38 heavy (non-hydrogen) atoms. The fraction of sp³-hybridized carbons (Fsp3) is 0.375. The standard InChI is InChI=1S/C32H35ClN2O3/c1-22(36)32(23-8-11-25(33)12-9-23)14-18-35(19-15-32)17-5-7-26-27-6-4-16-34-29(27)21-38-30-13-10-24(20-28(26)30)31(2,3)37/h4,6-13,16,20,37H,5,14-15,17-19,21H2,1-3H3/b26-7+. The molecular weight excluding hydrogens is 496 g/mol. The van der Waals surface area contributed by atoms with Crippen LogP contribution in [-0.2, 0) is 22.4 Å². The van der Waals surface area contributed by atoms with Gasteiger partial charge in [-0.1, -0.05) is 41.9 Å². The van der Waals surface area contributed by atoms with Gasteiger partial charge in [0, 0.05) is 28.9 Å². The first-order chi connectivity index (χ1) is 18.2. The molecule has 0 saturated carbocycles. The van der Waals surface area contributed by atoms with E-state index in [0.717, 1.165) is 78.2 Å². The van der Waals surface area contributed by atoms with E-state index in [9.17, 15) is 9.90 Å². The Morgan fingerprint density at radius 1 is 1.13 bits per heavy atom. The Hall–Kier alpha value is -2.99. The van der Waals surface area contributed by atoms with Gasteiger partial charge < -0.3 is 14.7 Å². The van der Waals surface area contributed by atoms with Crippen molar-refractivity contribution in [2.24, 2.45) is 0 Å². The first-order valence-electron chi connectivity index (χ1n) is 13.3. The van der Waals surface area contributed by atoms with Crippen molar-refractivity contribution in [1.29, 1.82) is 0 Å². The third-order valence-corrected chi connectivity index (χ3v) is 8.35. The summed E-state index contributed by atoms with van der Waals surface area (Å²) >= 11 is 6.10. The number of hydrogen-bond donors (Lipinski definition) is 1. The zero-order valence-corrected chi connectivity index (χ0v) is 23.1. The normalized spacial score (nSPS) is 18.3. The first kappa shape index (κ1) is 26.6. The molecule has 0 atom stereocenters. The summed E-state index contributed by atoms with van der Waals surface area (Å²) in [7, 11) is 0. The Labute approximate surface area is 230 Å². The minimum absolute atomic E-state index is 0.225. The Balaban J connectivity index is 1.36. The summed E-state index contributed by atoms with van der Waals surface area (Å²) in [5.41, 5.74) is 4.56. The van der Waals surface area contributed by atoms with E-state index in [0.29, 0.717) is 11.6 Å². The van der Waals surface area contributed by atoms with E-state index in [1.165, 1.54) is 0 Å². The topological polar surface area (TPSA) is 62.7 Å². The second-order valence-corrected chi connectivity index (χ2v) is 11.4. The average molecular weight is 531 g/mol. The highest BCUT2D eigenvalue weighted by atomic mass is 35.5. The van der Waals surface area contributed by atoms with E-state index in [4.69, 9.17) is 16.3 Å². The Morgan fingerprint density at radius 2 is 1.87 bits per heavy atom. The molecule has 0 bridgehead atoms. The second-order valence-electron chi connectivity index (χ2n) is 10.9. The summed E-state index contributed by atoms with van der Waals surface area (Å²) < 4.78 is 6.13. The number of pyridine rings is 1. The van der Waals surface area contributed by atoms with Crippen molar-refractivity contribution in [3.63, 3.8) is 0 Å². The van der Waals surface area contributed by atoms with Crippen LogP contribution in [0.2, 0.25) is 5.02 Å². The lowest BCUT2D eigenvalue weighted by Gasteiger charge is -2.40. The van der Waals surface area contributed by atoms with Crippen LogP contribution in [0.1, 0.15) is 68.0 Å². The molecule has 3 heterocycles. The first-order valence-corrected chi connectivity index (χ1v) is 13.7. The van der Waals surface area contributed by atoms with Crippen LogP contribution in [0, 0.1) is 0 Å². The predicted octanol–water partition coefficient (Wildman–Crippen LogP) is 6.30. The van der Waals surface area contributed by atoms with Gasteiger partial charge in [0.2, 0.25) is 0 Å². The Bertz CT molecular complexity index is 1350. The highest BCUT2D eigenvalue weighted by Crippen LogP contribution is 2.40. The lowest BCUT2D eigenvalue weighted by atomic mass is 9.70. The molecule has 0 unspecified atom stereocenters. The smallest absolute Gasteiger partial charge is 0.140 e. The number of halogens is 1. The van der Waals surface area contributed by atoms with E-state index in [2.05, 4.69) is 22.0 Å². The third-order valence-electron chi connectivity index (χ3n) is 8.10. The van der Waals surface area contributed by atoms with E-state index < -0.39 is 11.0 Å². The van der Waals surface area contributed by atoms with Gasteiger partial charge in [-0.15, -0.1) is 0 Å². The van der Waals surface area contributed by atoms with Crippen LogP contribution in [0.3, 0.4) is 0 Å². The molecule has 1 N–H and O–H groups in total. The lowest BCUT2D eigenvalue weighted by molar-refractivity contribution is -0.124. The maximum absolute atomic E-state index is 12.8. The van der Waals surface area contributed by atoms with Crippen molar-refractivity contribution in [2.75, 3.05) is 19.6 Å². The van der Waals surface area contributed by atoms with Crippen LogP contribution in [0.4, 0.5) is 0 Å². The van der Waals surface area contributed by atoms with Crippen molar-refractivity contribution in [2.45, 2.75) is 57.7 Å². The quantitative estimate of drug-likeness (QED) is 0.405. The van der Waals surface area contributed by atoms with Gasteiger partial charge in [-0.3, -0.25) is 9.78 Å². The van der Waals surface area contributed by atoms with Crippen LogP contribution in [0.25, 0.3) is 5.57 Å². The number of Topliss-reactive ketones (excluding diaryl/α,β-unsaturated/α-hetero) is 1. The number of benzene rings is 2. The molecule has 1 fully saturated rings. The molecule has 1 aromatic heterocycles. The number of aromatic nitrogens is 1. The van der Waals surface area contributed by atoms with Gasteiger partial charge >= 0.3 is 0 Å². The predicted molar refractivity (Wildman–Crippen MR) is 151 cm³/mol. The zero-order chi connectivity index (χ0) is 26.9. The van der Waals surface area contributed by atoms with E-state index in [1.807, 2.05) is 48.5 Å². The molecule has 6 heteroatoms. The number of nitrogens with zero attached hydrogens (tertiary/aromatic N) is 2. The molecule has 5 rings (SSSR count). The minimum Gasteiger partial charge on any atom is -0.487 e. The molecule has 0 aliphatic carbocycles. The van der Waals surface area contributed by atoms with Gasteiger partial charge in [-0.2, -0.15) is 0 Å². The van der Waals surface area contributed by atoms with Crippen molar-refractivity contribution in [3.05, 3.63) is 99.8 Å². The van der Waals surface area contributed by atoms with E-state index in [-0.39, 0.29) is 5.78 Å². The summed E-state index contributed by atoms with van der Waals surface area (Å²) in [5.74, 6) is 1.03. The molecule has 0 spiro atoms. The summed E-state index contributed by atoms with van der Waals surface area (Å²) in [4.78, 5) is 19.8. The van der Waals surface area contributed by atoms with Crippen LogP contribution >= 0.6 is 11.6 Å². The number of rotatable bonds is 6. The van der Waals surface area contributed by atoms with Gasteiger partial charge in [-0.25, -0.2) is 0 Å². The van der Waals surface area contributed by atoms with Crippen LogP contribution < -0.4 is 4.74 Å². The fourth-order valence-electron chi connectivity index (χ4n) is 5.72. The summed E-state index contributed by atoms with van der Waals surface area (Å²) in [6, 6.07) is 17.7. The number of ketones is 1. The second kappa shape index (κ2) is 10.6. The monoisotopic (exact) mass is 530 g/mol. The summed E-state index contributed by atoms with van der Waals surface area (Å²) in [6.07, 6.45) is 6.53. The van der Waals surface area contributed by atoms with Crippen LogP contribution in [0.15, 0.2) is 66.9 Å². The highest BCUT2D eigenvalue weighted by molar-refractivity contribution is 6.30. The number of ether oxygens (including phenoxy) is 1. The SMILES string of the molecule is CC(=O)C1(c2ccc(Cl)cc2)CCN(CC/C=C2/c3cc(C(C)(C)O)ccc3OCc3ncccc32)CC1. The van der Waals surface area contributed by atoms with Gasteiger partial charge in [-0.05, 0) is 100 Å². The van der Waals surface area contributed by atoms with Gasteiger partial charge in [0.15, 0.2) is 0 Å². The molecule has 1 saturated heterocycles. The number of fused-ring (bicyclic) bond motifs is 2. The number of likely N-dealkylation sites (tertiary alicyclic amines) is 1. The molecule has 2 aliphatic rings. The van der Waals surface area contributed by atoms with Crippen molar-refractivity contribution < 1.29 is 14.6 Å². The van der Waals surface area contributed by atoms with Crippen LogP contribution in [-0.4, -0.2) is 40.4 Å². The van der Waals surface area contributed by atoms with Crippen LogP contribution in [0.5, 0.6) is 5.75 Å². The summed E-state index contributed by atoms with van der Waals surface area (Å²) in [6.45, 7) is 8.35. The lowest BCUT2D eigenvalue weighted by Crippen LogP contribution is -2.46. The maximum Gasteiger partial charge on any atom is 0.140 e. The zero-order valence-electron chi connectivity index (χ0n) is 22.3. The third kappa shape index (κ3) is 5.28. The molecule has 3 aromatic rings. The minimum atomic E-state index is -0.953. The molecule has 2 aromatic carbocycles. The largest absolute Gasteiger partial charge is 0.487 e. The number of carbonyl (C=O) groups excluding carboxylic acids is 1. The van der Waals surface area contributed by atoms with Crippen molar-refractivity contribution in [1.82, 2.24) is 9.88 Å². The Kier molecular flexibility index (Phi) is 7.45. The highest BCUT2D eigenvalue weighted by Gasteiger charge is 2.40. The number of piperidine rings is 1. The average Bonchev–Trinajstić information content (AvgIpc) is 3.06. The molecule has 0 amide bonds. The van der Waals surface area contributed by atoms with Gasteiger partial charge in [0.25, 0.3) is 0 Å².